The van der Waals surface area contributed by atoms with Crippen molar-refractivity contribution < 1.29 is 0 Å². The van der Waals surface area contributed by atoms with Crippen LogP contribution in [0.3, 0.4) is 0 Å². The van der Waals surface area contributed by atoms with Crippen LogP contribution in [0.2, 0.25) is 0 Å². The van der Waals surface area contributed by atoms with Gasteiger partial charge in [-0.25, -0.2) is 4.52 Å². The van der Waals surface area contributed by atoms with E-state index in [9.17, 15) is 0 Å². The smallest absolute Gasteiger partial charge is 0.247 e. The molecule has 96 valence electrons. The molecular weight excluding hydrogens is 250 g/mol. The molecule has 0 aliphatic heterocycles. The fraction of sp³-hybridized carbons (Fsp3) is 0. The van der Waals surface area contributed by atoms with Gasteiger partial charge in [0.15, 0.2) is 5.65 Å². The molecule has 0 radical (unpaired) electrons. The van der Waals surface area contributed by atoms with Crippen molar-refractivity contribution in [1.82, 2.24) is 14.6 Å². The van der Waals surface area contributed by atoms with Crippen LogP contribution in [0, 0.1) is 11.3 Å². The van der Waals surface area contributed by atoms with Crippen molar-refractivity contribution >= 4 is 23.4 Å². The van der Waals surface area contributed by atoms with Crippen molar-refractivity contribution in [2.24, 2.45) is 0 Å². The number of nitriles is 1. The van der Waals surface area contributed by atoms with Crippen LogP contribution in [0.5, 0.6) is 0 Å². The molecule has 1 N–H and O–H groups in total. The Balaban J connectivity index is 1.99. The number of nitrogens with one attached hydrogen (secondary N) is 1. The summed E-state index contributed by atoms with van der Waals surface area (Å²) in [6.07, 6.45) is 3.12. The highest BCUT2D eigenvalue weighted by molar-refractivity contribution is 5.58. The van der Waals surface area contributed by atoms with Gasteiger partial charge in [0.2, 0.25) is 5.95 Å². The van der Waals surface area contributed by atoms with Crippen LogP contribution < -0.4 is 5.32 Å². The molecule has 0 saturated heterocycles. The van der Waals surface area contributed by atoms with Gasteiger partial charge in [0, 0.05) is 11.8 Å². The van der Waals surface area contributed by atoms with Gasteiger partial charge in [0.25, 0.3) is 0 Å². The molecule has 2 heterocycles. The third-order valence-electron chi connectivity index (χ3n) is 2.75. The number of allylic oxidation sites excluding steroid dienone is 1. The minimum Gasteiger partial charge on any atom is -0.323 e. The monoisotopic (exact) mass is 261 g/mol. The quantitative estimate of drug-likeness (QED) is 0.736. The van der Waals surface area contributed by atoms with Crippen molar-refractivity contribution in [3.05, 3.63) is 60.3 Å². The fourth-order valence-electron chi connectivity index (χ4n) is 1.88. The zero-order chi connectivity index (χ0) is 13.8. The number of aromatic nitrogens is 3. The van der Waals surface area contributed by atoms with E-state index in [1.165, 1.54) is 6.08 Å². The predicted octanol–water partition coefficient (Wildman–Crippen LogP) is 3.01. The Morgan fingerprint density at radius 2 is 1.95 bits per heavy atom. The molecule has 3 rings (SSSR count). The van der Waals surface area contributed by atoms with Gasteiger partial charge >= 0.3 is 0 Å². The van der Waals surface area contributed by atoms with Gasteiger partial charge in [-0.15, -0.1) is 5.10 Å². The highest BCUT2D eigenvalue weighted by Crippen LogP contribution is 2.15. The lowest BCUT2D eigenvalue weighted by molar-refractivity contribution is 0.952. The van der Waals surface area contributed by atoms with E-state index >= 15 is 0 Å². The third-order valence-corrected chi connectivity index (χ3v) is 2.75. The average molecular weight is 261 g/mol. The first-order valence-corrected chi connectivity index (χ1v) is 6.11. The summed E-state index contributed by atoms with van der Waals surface area (Å²) >= 11 is 0. The van der Waals surface area contributed by atoms with Gasteiger partial charge in [-0.2, -0.15) is 10.2 Å². The lowest BCUT2D eigenvalue weighted by atomic mass is 10.3. The predicted molar refractivity (Wildman–Crippen MR) is 77.4 cm³/mol. The Kier molecular flexibility index (Phi) is 3.13. The molecule has 20 heavy (non-hydrogen) atoms. The van der Waals surface area contributed by atoms with Crippen molar-refractivity contribution in [2.45, 2.75) is 0 Å². The number of anilines is 2. The van der Waals surface area contributed by atoms with Crippen LogP contribution >= 0.6 is 0 Å². The summed E-state index contributed by atoms with van der Waals surface area (Å²) in [6.45, 7) is 0. The second kappa shape index (κ2) is 5.24. The van der Waals surface area contributed by atoms with Crippen molar-refractivity contribution in [3.63, 3.8) is 0 Å². The minimum atomic E-state index is 0.522. The molecule has 0 aliphatic rings. The van der Waals surface area contributed by atoms with E-state index in [4.69, 9.17) is 5.26 Å². The number of pyridine rings is 1. The lowest BCUT2D eigenvalue weighted by Gasteiger charge is -1.99. The van der Waals surface area contributed by atoms with E-state index in [2.05, 4.69) is 15.4 Å². The average Bonchev–Trinajstić information content (AvgIpc) is 2.89. The summed E-state index contributed by atoms with van der Waals surface area (Å²) < 4.78 is 1.69. The Labute approximate surface area is 115 Å². The molecule has 0 fully saturated rings. The van der Waals surface area contributed by atoms with Gasteiger partial charge in [-0.05, 0) is 30.3 Å². The number of hydrogen-bond acceptors (Lipinski definition) is 4. The highest BCUT2D eigenvalue weighted by atomic mass is 15.4. The molecule has 5 heteroatoms. The van der Waals surface area contributed by atoms with Crippen molar-refractivity contribution in [3.8, 4) is 6.07 Å². The van der Waals surface area contributed by atoms with Crippen LogP contribution in [-0.4, -0.2) is 14.6 Å². The normalized spacial score (nSPS) is 10.8. The molecule has 0 amide bonds. The number of rotatable bonds is 3. The van der Waals surface area contributed by atoms with Gasteiger partial charge < -0.3 is 5.32 Å². The molecule has 0 saturated carbocycles. The topological polar surface area (TPSA) is 66.0 Å². The summed E-state index contributed by atoms with van der Waals surface area (Å²) in [5.74, 6) is 0.522. The molecule has 5 nitrogen and oxygen atoms in total. The molecule has 2 aromatic heterocycles. The zero-order valence-corrected chi connectivity index (χ0v) is 10.6. The number of para-hydroxylation sites is 1. The second-order valence-electron chi connectivity index (χ2n) is 4.11. The fourth-order valence-corrected chi connectivity index (χ4v) is 1.88. The molecule has 0 aliphatic carbocycles. The first-order valence-electron chi connectivity index (χ1n) is 6.11. The van der Waals surface area contributed by atoms with E-state index in [1.54, 1.807) is 10.6 Å². The SMILES string of the molecule is N#CC=Cc1cccc2nc(Nc3ccccc3)nn12. The van der Waals surface area contributed by atoms with E-state index < -0.39 is 0 Å². The number of hydrogen-bond donors (Lipinski definition) is 1. The van der Waals surface area contributed by atoms with Gasteiger partial charge in [0.05, 0.1) is 11.8 Å². The maximum Gasteiger partial charge on any atom is 0.247 e. The van der Waals surface area contributed by atoms with Crippen LogP contribution in [0.25, 0.3) is 11.7 Å². The Morgan fingerprint density at radius 1 is 1.10 bits per heavy atom. The van der Waals surface area contributed by atoms with Crippen molar-refractivity contribution in [2.75, 3.05) is 5.32 Å². The number of nitrogens with zero attached hydrogens (tertiary/aromatic N) is 4. The van der Waals surface area contributed by atoms with Gasteiger partial charge in [0.1, 0.15) is 0 Å². The summed E-state index contributed by atoms with van der Waals surface area (Å²) in [6, 6.07) is 17.3. The summed E-state index contributed by atoms with van der Waals surface area (Å²) in [5, 5.41) is 16.1. The maximum absolute atomic E-state index is 8.61. The molecule has 0 atom stereocenters. The van der Waals surface area contributed by atoms with Crippen LogP contribution in [-0.2, 0) is 0 Å². The Hall–Kier alpha value is -3.13. The van der Waals surface area contributed by atoms with E-state index in [1.807, 2.05) is 54.6 Å². The van der Waals surface area contributed by atoms with E-state index in [0.717, 1.165) is 17.0 Å². The van der Waals surface area contributed by atoms with Crippen LogP contribution in [0.15, 0.2) is 54.6 Å². The first-order chi connectivity index (χ1) is 9.86. The molecule has 0 unspecified atom stereocenters. The summed E-state index contributed by atoms with van der Waals surface area (Å²) in [5.41, 5.74) is 2.46. The summed E-state index contributed by atoms with van der Waals surface area (Å²) in [7, 11) is 0. The Bertz CT molecular complexity index is 796. The van der Waals surface area contributed by atoms with Crippen LogP contribution in [0.1, 0.15) is 5.69 Å². The van der Waals surface area contributed by atoms with E-state index in [-0.39, 0.29) is 0 Å². The van der Waals surface area contributed by atoms with Crippen LogP contribution in [0.4, 0.5) is 11.6 Å². The molecule has 3 aromatic rings. The largest absolute Gasteiger partial charge is 0.323 e. The maximum atomic E-state index is 8.61. The second-order valence-corrected chi connectivity index (χ2v) is 4.11. The van der Waals surface area contributed by atoms with E-state index in [0.29, 0.717) is 5.95 Å². The third kappa shape index (κ3) is 2.35. The zero-order valence-electron chi connectivity index (χ0n) is 10.6. The van der Waals surface area contributed by atoms with Gasteiger partial charge in [-0.3, -0.25) is 0 Å². The minimum absolute atomic E-state index is 0.522. The van der Waals surface area contributed by atoms with Crippen molar-refractivity contribution in [1.29, 1.82) is 5.26 Å². The molecule has 0 bridgehead atoms. The lowest BCUT2D eigenvalue weighted by Crippen LogP contribution is -1.94. The molecule has 0 spiro atoms. The number of benzene rings is 1. The number of fused-ring (bicyclic) bond motifs is 1. The summed E-state index contributed by atoms with van der Waals surface area (Å²) in [4.78, 5) is 4.40. The molecule has 1 aromatic carbocycles. The Morgan fingerprint density at radius 3 is 2.75 bits per heavy atom. The standard InChI is InChI=1S/C15H11N5/c16-11-5-9-13-8-4-10-14-18-15(19-20(13)14)17-12-6-2-1-3-7-12/h1-10H,(H,17,19). The highest BCUT2D eigenvalue weighted by Gasteiger charge is 2.05. The molecular formula is C15H11N5. The van der Waals surface area contributed by atoms with Gasteiger partial charge in [-0.1, -0.05) is 24.3 Å². The first kappa shape index (κ1) is 11.9.